The molecule has 0 aliphatic carbocycles. The van der Waals surface area contributed by atoms with Crippen molar-refractivity contribution in [1.82, 2.24) is 0 Å². The number of nitrogens with two attached hydrogens (primary N) is 1. The van der Waals surface area contributed by atoms with E-state index >= 15 is 0 Å². The molecule has 0 unspecified atom stereocenters. The minimum atomic E-state index is 0.529. The summed E-state index contributed by atoms with van der Waals surface area (Å²) < 4.78 is 0. The van der Waals surface area contributed by atoms with Crippen LogP contribution in [0.2, 0.25) is 0 Å². The molecule has 0 radical (unpaired) electrons. The number of nitrogens with zero attached hydrogens (tertiary/aromatic N) is 2. The largest absolute Gasteiger partial charge is 0.397 e. The van der Waals surface area contributed by atoms with Crippen LogP contribution in [0.25, 0.3) is 0 Å². The van der Waals surface area contributed by atoms with Gasteiger partial charge in [0, 0.05) is 13.1 Å². The monoisotopic (exact) mass is 203 g/mol. The van der Waals surface area contributed by atoms with Gasteiger partial charge in [-0.15, -0.1) is 0 Å². The molecule has 0 spiro atoms. The highest BCUT2D eigenvalue weighted by Gasteiger charge is 2.07. The Kier molecular flexibility index (Phi) is 3.99. The normalized spacial score (nSPS) is 9.67. The van der Waals surface area contributed by atoms with Gasteiger partial charge in [-0.05, 0) is 31.5 Å². The molecule has 2 N–H and O–H groups in total. The summed E-state index contributed by atoms with van der Waals surface area (Å²) in [4.78, 5) is 2.12. The molecule has 0 heterocycles. The van der Waals surface area contributed by atoms with Crippen LogP contribution in [0.15, 0.2) is 18.2 Å². The van der Waals surface area contributed by atoms with Gasteiger partial charge in [0.2, 0.25) is 0 Å². The van der Waals surface area contributed by atoms with Gasteiger partial charge in [0.1, 0.15) is 0 Å². The van der Waals surface area contributed by atoms with Crippen LogP contribution in [0.1, 0.15) is 18.9 Å². The van der Waals surface area contributed by atoms with Crippen molar-refractivity contribution in [3.63, 3.8) is 0 Å². The Morgan fingerprint density at radius 1 is 1.47 bits per heavy atom. The van der Waals surface area contributed by atoms with E-state index < -0.39 is 0 Å². The SMILES string of the molecule is CCN(CCC#N)c1ccc(C)cc1N. The molecule has 3 heteroatoms. The smallest absolute Gasteiger partial charge is 0.0640 e. The van der Waals surface area contributed by atoms with E-state index in [4.69, 9.17) is 11.0 Å². The van der Waals surface area contributed by atoms with Crippen molar-refractivity contribution in [2.24, 2.45) is 0 Å². The second kappa shape index (κ2) is 5.26. The highest BCUT2D eigenvalue weighted by molar-refractivity contribution is 5.68. The Morgan fingerprint density at radius 2 is 2.20 bits per heavy atom. The van der Waals surface area contributed by atoms with E-state index in [0.717, 1.165) is 30.0 Å². The van der Waals surface area contributed by atoms with E-state index in [1.807, 2.05) is 25.1 Å². The summed E-state index contributed by atoms with van der Waals surface area (Å²) in [6, 6.07) is 8.18. The molecule has 3 nitrogen and oxygen atoms in total. The summed E-state index contributed by atoms with van der Waals surface area (Å²) in [7, 11) is 0. The molecule has 0 atom stereocenters. The van der Waals surface area contributed by atoms with Crippen molar-refractivity contribution in [2.45, 2.75) is 20.3 Å². The predicted octanol–water partition coefficient (Wildman–Crippen LogP) is 2.32. The second-order valence-electron chi connectivity index (χ2n) is 3.55. The van der Waals surface area contributed by atoms with Crippen LogP contribution in [0.3, 0.4) is 0 Å². The third-order valence-corrected chi connectivity index (χ3v) is 2.40. The Morgan fingerprint density at radius 3 is 2.73 bits per heavy atom. The quantitative estimate of drug-likeness (QED) is 0.764. The van der Waals surface area contributed by atoms with E-state index in [1.54, 1.807) is 0 Å². The average molecular weight is 203 g/mol. The number of nitrogen functional groups attached to an aromatic ring is 1. The first-order valence-electron chi connectivity index (χ1n) is 5.17. The van der Waals surface area contributed by atoms with Crippen molar-refractivity contribution in [3.8, 4) is 6.07 Å². The first-order valence-corrected chi connectivity index (χ1v) is 5.17. The zero-order valence-corrected chi connectivity index (χ0v) is 9.33. The Bertz CT molecular complexity index is 366. The van der Waals surface area contributed by atoms with Crippen molar-refractivity contribution >= 4 is 11.4 Å². The summed E-state index contributed by atoms with van der Waals surface area (Å²) in [5.74, 6) is 0. The average Bonchev–Trinajstić information content (AvgIpc) is 2.21. The molecule has 15 heavy (non-hydrogen) atoms. The van der Waals surface area contributed by atoms with Gasteiger partial charge in [-0.1, -0.05) is 6.07 Å². The number of hydrogen-bond acceptors (Lipinski definition) is 3. The minimum Gasteiger partial charge on any atom is -0.397 e. The molecule has 0 saturated heterocycles. The Labute approximate surface area is 91.1 Å². The molecule has 1 aromatic rings. The van der Waals surface area contributed by atoms with Gasteiger partial charge in [-0.25, -0.2) is 0 Å². The van der Waals surface area contributed by atoms with E-state index in [9.17, 15) is 0 Å². The van der Waals surface area contributed by atoms with Crippen LogP contribution in [0.4, 0.5) is 11.4 Å². The zero-order valence-electron chi connectivity index (χ0n) is 9.33. The number of aryl methyl sites for hydroxylation is 1. The summed E-state index contributed by atoms with van der Waals surface area (Å²) in [6.07, 6.45) is 0.529. The van der Waals surface area contributed by atoms with Crippen molar-refractivity contribution in [2.75, 3.05) is 23.7 Å². The van der Waals surface area contributed by atoms with Gasteiger partial charge in [0.05, 0.1) is 23.9 Å². The minimum absolute atomic E-state index is 0.529. The fourth-order valence-corrected chi connectivity index (χ4v) is 1.60. The molecule has 0 aliphatic heterocycles. The topological polar surface area (TPSA) is 53.0 Å². The lowest BCUT2D eigenvalue weighted by Crippen LogP contribution is -2.24. The fourth-order valence-electron chi connectivity index (χ4n) is 1.60. The van der Waals surface area contributed by atoms with Crippen LogP contribution in [-0.2, 0) is 0 Å². The van der Waals surface area contributed by atoms with E-state index in [0.29, 0.717) is 6.42 Å². The van der Waals surface area contributed by atoms with E-state index in [2.05, 4.69) is 17.9 Å². The maximum absolute atomic E-state index is 8.56. The van der Waals surface area contributed by atoms with Gasteiger partial charge in [-0.2, -0.15) is 5.26 Å². The van der Waals surface area contributed by atoms with Crippen LogP contribution in [0, 0.1) is 18.3 Å². The number of hydrogen-bond donors (Lipinski definition) is 1. The Balaban J connectivity index is 2.87. The van der Waals surface area contributed by atoms with Crippen LogP contribution >= 0.6 is 0 Å². The molecule has 0 fully saturated rings. The number of benzene rings is 1. The summed E-state index contributed by atoms with van der Waals surface area (Å²) >= 11 is 0. The highest BCUT2D eigenvalue weighted by Crippen LogP contribution is 2.23. The third kappa shape index (κ3) is 2.88. The molecule has 0 aliphatic rings. The number of nitriles is 1. The molecule has 0 bridgehead atoms. The van der Waals surface area contributed by atoms with Gasteiger partial charge >= 0.3 is 0 Å². The van der Waals surface area contributed by atoms with Crippen LogP contribution in [0.5, 0.6) is 0 Å². The maximum atomic E-state index is 8.56. The van der Waals surface area contributed by atoms with Crippen molar-refractivity contribution < 1.29 is 0 Å². The molecule has 0 aromatic heterocycles. The molecule has 0 amide bonds. The standard InChI is InChI=1S/C12H17N3/c1-3-15(8-4-7-13)12-6-5-10(2)9-11(12)14/h5-6,9H,3-4,8,14H2,1-2H3. The number of rotatable bonds is 4. The lowest BCUT2D eigenvalue weighted by molar-refractivity contribution is 0.828. The fraction of sp³-hybridized carbons (Fsp3) is 0.417. The molecule has 1 aromatic carbocycles. The van der Waals surface area contributed by atoms with Crippen LogP contribution < -0.4 is 10.6 Å². The lowest BCUT2D eigenvalue weighted by atomic mass is 10.1. The third-order valence-electron chi connectivity index (χ3n) is 2.40. The van der Waals surface area contributed by atoms with Gasteiger partial charge < -0.3 is 10.6 Å². The summed E-state index contributed by atoms with van der Waals surface area (Å²) in [5, 5.41) is 8.56. The summed E-state index contributed by atoms with van der Waals surface area (Å²) in [6.45, 7) is 5.69. The number of anilines is 2. The second-order valence-corrected chi connectivity index (χ2v) is 3.55. The predicted molar refractivity (Wildman–Crippen MR) is 63.7 cm³/mol. The van der Waals surface area contributed by atoms with Crippen molar-refractivity contribution in [1.29, 1.82) is 5.26 Å². The van der Waals surface area contributed by atoms with Gasteiger partial charge in [-0.3, -0.25) is 0 Å². The summed E-state index contributed by atoms with van der Waals surface area (Å²) in [5.41, 5.74) is 8.92. The van der Waals surface area contributed by atoms with Gasteiger partial charge in [0.25, 0.3) is 0 Å². The lowest BCUT2D eigenvalue weighted by Gasteiger charge is -2.23. The van der Waals surface area contributed by atoms with Crippen LogP contribution in [-0.4, -0.2) is 13.1 Å². The van der Waals surface area contributed by atoms with E-state index in [1.165, 1.54) is 0 Å². The molecular formula is C12H17N3. The van der Waals surface area contributed by atoms with E-state index in [-0.39, 0.29) is 0 Å². The highest BCUT2D eigenvalue weighted by atomic mass is 15.1. The van der Waals surface area contributed by atoms with Gasteiger partial charge in [0.15, 0.2) is 0 Å². The molecular weight excluding hydrogens is 186 g/mol. The Hall–Kier alpha value is -1.69. The molecule has 0 saturated carbocycles. The first kappa shape index (κ1) is 11.4. The molecule has 1 rings (SSSR count). The molecule has 80 valence electrons. The maximum Gasteiger partial charge on any atom is 0.0640 e. The zero-order chi connectivity index (χ0) is 11.3. The first-order chi connectivity index (χ1) is 7.19. The van der Waals surface area contributed by atoms with Crippen molar-refractivity contribution in [3.05, 3.63) is 23.8 Å².